The van der Waals surface area contributed by atoms with Gasteiger partial charge in [-0.2, -0.15) is 0 Å². The Morgan fingerprint density at radius 2 is 1.87 bits per heavy atom. The second-order valence-electron chi connectivity index (χ2n) is 10.5. The van der Waals surface area contributed by atoms with E-state index in [0.29, 0.717) is 34.9 Å². The smallest absolute Gasteiger partial charge is 0.420 e. The van der Waals surface area contributed by atoms with Gasteiger partial charge in [0.25, 0.3) is 0 Å². The van der Waals surface area contributed by atoms with E-state index in [1.54, 1.807) is 62.3 Å². The highest BCUT2D eigenvalue weighted by Crippen LogP contribution is 2.31. The van der Waals surface area contributed by atoms with Crippen LogP contribution < -0.4 is 4.80 Å². The van der Waals surface area contributed by atoms with E-state index in [2.05, 4.69) is 11.2 Å². The van der Waals surface area contributed by atoms with Crippen LogP contribution in [-0.2, 0) is 26.4 Å². The molecule has 0 radical (unpaired) electrons. The predicted octanol–water partition coefficient (Wildman–Crippen LogP) is 4.58. The number of sulfone groups is 1. The molecule has 0 N–H and O–H groups in total. The summed E-state index contributed by atoms with van der Waals surface area (Å²) in [5.74, 6) is -0.275. The summed E-state index contributed by atoms with van der Waals surface area (Å²) in [4.78, 5) is 34.2. The molecule has 206 valence electrons. The minimum Gasteiger partial charge on any atom is -0.443 e. The Morgan fingerprint density at radius 1 is 1.18 bits per heavy atom. The van der Waals surface area contributed by atoms with Crippen molar-refractivity contribution in [2.24, 2.45) is 12.0 Å². The molecule has 1 amide bonds. The van der Waals surface area contributed by atoms with Crippen LogP contribution in [0.5, 0.6) is 0 Å². The van der Waals surface area contributed by atoms with Crippen molar-refractivity contribution in [1.29, 1.82) is 0 Å². The highest BCUT2D eigenvalue weighted by molar-refractivity contribution is 7.91. The number of fused-ring (bicyclic) bond motifs is 1. The van der Waals surface area contributed by atoms with Gasteiger partial charge in [0.2, 0.25) is 5.91 Å². The van der Waals surface area contributed by atoms with Gasteiger partial charge in [0.1, 0.15) is 10.6 Å². The second kappa shape index (κ2) is 10.9. The van der Waals surface area contributed by atoms with E-state index in [9.17, 15) is 18.0 Å². The van der Waals surface area contributed by atoms with Crippen LogP contribution >= 0.6 is 22.9 Å². The van der Waals surface area contributed by atoms with E-state index in [1.807, 2.05) is 11.6 Å². The van der Waals surface area contributed by atoms with Gasteiger partial charge < -0.3 is 14.2 Å². The average Bonchev–Trinajstić information content (AvgIpc) is 3.42. The topological polar surface area (TPSA) is 103 Å². The molecular formula is C26H33ClN4O5S2. The van der Waals surface area contributed by atoms with E-state index in [4.69, 9.17) is 16.3 Å². The predicted molar refractivity (Wildman–Crippen MR) is 149 cm³/mol. The maximum Gasteiger partial charge on any atom is 0.420 e. The first kappa shape index (κ1) is 28.4. The molecule has 12 heteroatoms. The van der Waals surface area contributed by atoms with E-state index in [-0.39, 0.29) is 17.4 Å². The lowest BCUT2D eigenvalue weighted by Crippen LogP contribution is -2.38. The SMILES string of the molecule is CN=c1sc(C2CCN(C(=O)CCS(=O)(=O)c3cc4cc(Cl)ccc4n3C(=O)OC(C)(C)C)CC2)cn1C. The van der Waals surface area contributed by atoms with Gasteiger partial charge in [-0.3, -0.25) is 9.79 Å². The Hall–Kier alpha value is -2.63. The summed E-state index contributed by atoms with van der Waals surface area (Å²) in [6.07, 6.45) is 2.75. The number of ether oxygens (including phenoxy) is 1. The number of aromatic nitrogens is 2. The van der Waals surface area contributed by atoms with Crippen LogP contribution in [0.4, 0.5) is 4.79 Å². The maximum absolute atomic E-state index is 13.4. The van der Waals surface area contributed by atoms with Crippen LogP contribution in [0.25, 0.3) is 10.9 Å². The molecule has 4 rings (SSSR count). The van der Waals surface area contributed by atoms with Gasteiger partial charge in [0.15, 0.2) is 14.6 Å². The van der Waals surface area contributed by atoms with Crippen molar-refractivity contribution < 1.29 is 22.7 Å². The fraction of sp³-hybridized carbons (Fsp3) is 0.500. The lowest BCUT2D eigenvalue weighted by Gasteiger charge is -2.31. The fourth-order valence-electron chi connectivity index (χ4n) is 4.63. The number of likely N-dealkylation sites (tertiary alicyclic amines) is 1. The molecule has 0 spiro atoms. The molecule has 3 aromatic rings. The number of thiazole rings is 1. The average molecular weight is 581 g/mol. The van der Waals surface area contributed by atoms with E-state index in [1.165, 1.54) is 10.9 Å². The zero-order chi connectivity index (χ0) is 27.8. The lowest BCUT2D eigenvalue weighted by atomic mass is 9.95. The van der Waals surface area contributed by atoms with Crippen molar-refractivity contribution in [1.82, 2.24) is 14.0 Å². The van der Waals surface area contributed by atoms with Crippen LogP contribution in [0.1, 0.15) is 50.8 Å². The summed E-state index contributed by atoms with van der Waals surface area (Å²) in [5, 5.41) is 0.701. The summed E-state index contributed by atoms with van der Waals surface area (Å²) in [6, 6.07) is 6.18. The number of amides is 1. The number of aryl methyl sites for hydroxylation is 1. The number of nitrogens with zero attached hydrogens (tertiary/aromatic N) is 4. The van der Waals surface area contributed by atoms with Gasteiger partial charge in [-0.1, -0.05) is 11.6 Å². The largest absolute Gasteiger partial charge is 0.443 e. The van der Waals surface area contributed by atoms with E-state index in [0.717, 1.165) is 22.2 Å². The third-order valence-corrected chi connectivity index (χ3v) is 9.72. The first-order valence-corrected chi connectivity index (χ1v) is 15.3. The fourth-order valence-corrected chi connectivity index (χ4v) is 7.33. The molecule has 1 fully saturated rings. The van der Waals surface area contributed by atoms with Gasteiger partial charge in [-0.05, 0) is 63.8 Å². The number of carbonyl (C=O) groups is 2. The molecule has 1 aromatic carbocycles. The van der Waals surface area contributed by atoms with E-state index >= 15 is 0 Å². The van der Waals surface area contributed by atoms with Crippen LogP contribution in [0.3, 0.4) is 0 Å². The van der Waals surface area contributed by atoms with Crippen LogP contribution in [-0.4, -0.2) is 65.9 Å². The number of halogens is 1. The van der Waals surface area contributed by atoms with Crippen molar-refractivity contribution in [3.63, 3.8) is 0 Å². The Bertz CT molecular complexity index is 1540. The summed E-state index contributed by atoms with van der Waals surface area (Å²) in [7, 11) is -0.257. The van der Waals surface area contributed by atoms with Crippen LogP contribution in [0.2, 0.25) is 5.02 Å². The Balaban J connectivity index is 1.48. The molecule has 0 atom stereocenters. The van der Waals surface area contributed by atoms with Gasteiger partial charge in [-0.25, -0.2) is 17.8 Å². The van der Waals surface area contributed by atoms with Gasteiger partial charge in [-0.15, -0.1) is 11.3 Å². The molecule has 3 heterocycles. The molecule has 0 bridgehead atoms. The Kier molecular flexibility index (Phi) is 8.11. The molecule has 1 saturated heterocycles. The number of rotatable bonds is 5. The third-order valence-electron chi connectivity index (χ3n) is 6.48. The molecule has 38 heavy (non-hydrogen) atoms. The zero-order valence-corrected chi connectivity index (χ0v) is 24.6. The standard InChI is InChI=1S/C26H33ClN4O5S2/c1-26(2,3)36-25(33)31-20-7-6-19(27)14-18(20)15-23(31)38(34,35)13-10-22(32)30-11-8-17(9-12-30)21-16-29(5)24(28-4)37-21/h6-7,14-17H,8-13H2,1-5H3. The monoisotopic (exact) mass is 580 g/mol. The zero-order valence-electron chi connectivity index (χ0n) is 22.2. The Morgan fingerprint density at radius 3 is 2.47 bits per heavy atom. The number of carbonyl (C=O) groups excluding carboxylic acids is 2. The summed E-state index contributed by atoms with van der Waals surface area (Å²) in [6.45, 7) is 6.26. The van der Waals surface area contributed by atoms with Crippen molar-refractivity contribution in [2.45, 2.75) is 56.6 Å². The van der Waals surface area contributed by atoms with Gasteiger partial charge >= 0.3 is 6.09 Å². The summed E-state index contributed by atoms with van der Waals surface area (Å²) in [5.41, 5.74) is -0.451. The molecule has 1 aliphatic heterocycles. The minimum atomic E-state index is -4.00. The minimum absolute atomic E-state index is 0.170. The first-order chi connectivity index (χ1) is 17.8. The summed E-state index contributed by atoms with van der Waals surface area (Å²) >= 11 is 7.77. The number of benzene rings is 1. The summed E-state index contributed by atoms with van der Waals surface area (Å²) < 4.78 is 35.4. The Labute approximate surface area is 231 Å². The molecule has 1 aliphatic rings. The lowest BCUT2D eigenvalue weighted by molar-refractivity contribution is -0.131. The molecule has 0 unspecified atom stereocenters. The molecule has 2 aromatic heterocycles. The van der Waals surface area contributed by atoms with Gasteiger partial charge in [0, 0.05) is 55.1 Å². The van der Waals surface area contributed by atoms with E-state index < -0.39 is 27.3 Å². The van der Waals surface area contributed by atoms with Gasteiger partial charge in [0.05, 0.1) is 11.3 Å². The number of hydrogen-bond donors (Lipinski definition) is 0. The number of piperidine rings is 1. The maximum atomic E-state index is 13.4. The van der Waals surface area contributed by atoms with Crippen LogP contribution in [0.15, 0.2) is 40.5 Å². The van der Waals surface area contributed by atoms with Crippen molar-refractivity contribution in [3.8, 4) is 0 Å². The van der Waals surface area contributed by atoms with Crippen LogP contribution in [0, 0.1) is 0 Å². The van der Waals surface area contributed by atoms with Crippen molar-refractivity contribution >= 4 is 55.7 Å². The third kappa shape index (κ3) is 6.16. The van der Waals surface area contributed by atoms with Crippen molar-refractivity contribution in [2.75, 3.05) is 25.9 Å². The molecule has 9 nitrogen and oxygen atoms in total. The molecule has 0 saturated carbocycles. The molecular weight excluding hydrogens is 548 g/mol. The molecule has 0 aliphatic carbocycles. The highest BCUT2D eigenvalue weighted by atomic mass is 35.5. The number of hydrogen-bond acceptors (Lipinski definition) is 7. The quantitative estimate of drug-likeness (QED) is 0.439. The second-order valence-corrected chi connectivity index (χ2v) is 14.0. The van der Waals surface area contributed by atoms with Crippen molar-refractivity contribution in [3.05, 3.63) is 45.2 Å². The highest BCUT2D eigenvalue weighted by Gasteiger charge is 2.31. The first-order valence-electron chi connectivity index (χ1n) is 12.4. The normalized spacial score (nSPS) is 15.8.